The number of hydrogen-bond acceptors (Lipinski definition) is 3. The van der Waals surface area contributed by atoms with E-state index in [0.29, 0.717) is 18.7 Å². The lowest BCUT2D eigenvalue weighted by molar-refractivity contribution is -0.124. The summed E-state index contributed by atoms with van der Waals surface area (Å²) in [6.07, 6.45) is 0.603. The molecule has 0 aliphatic heterocycles. The first-order valence-corrected chi connectivity index (χ1v) is 5.68. The topological polar surface area (TPSA) is 75.4 Å². The fourth-order valence-corrected chi connectivity index (χ4v) is 1.53. The van der Waals surface area contributed by atoms with E-state index in [4.69, 9.17) is 5.73 Å². The molecule has 0 bridgehead atoms. The minimum atomic E-state index is -0.537. The van der Waals surface area contributed by atoms with Crippen molar-refractivity contribution in [3.63, 3.8) is 0 Å². The minimum Gasteiger partial charge on any atom is -0.505 e. The Bertz CT molecular complexity index is 414. The molecule has 0 saturated carbocycles. The Morgan fingerprint density at radius 3 is 2.71 bits per heavy atom. The van der Waals surface area contributed by atoms with Crippen LogP contribution in [-0.2, 0) is 4.79 Å². The zero-order valence-corrected chi connectivity index (χ0v) is 10.6. The van der Waals surface area contributed by atoms with E-state index in [1.807, 2.05) is 13.8 Å². The van der Waals surface area contributed by atoms with Crippen LogP contribution in [0, 0.1) is 12.3 Å². The van der Waals surface area contributed by atoms with Gasteiger partial charge in [0.05, 0.1) is 5.69 Å². The standard InChI is InChI=1S/C13H20N2O2/c1-9-5-4-6-10(11(9)16)15-12(17)13(2,3)7-8-14/h4-6,16H,7-8,14H2,1-3H3,(H,15,17). The quantitative estimate of drug-likeness (QED) is 0.700. The summed E-state index contributed by atoms with van der Waals surface area (Å²) >= 11 is 0. The van der Waals surface area contributed by atoms with E-state index in [1.54, 1.807) is 25.1 Å². The van der Waals surface area contributed by atoms with Gasteiger partial charge in [-0.25, -0.2) is 0 Å². The second-order valence-electron chi connectivity index (χ2n) is 4.85. The molecule has 1 rings (SSSR count). The Morgan fingerprint density at radius 2 is 2.12 bits per heavy atom. The van der Waals surface area contributed by atoms with Crippen LogP contribution in [0.15, 0.2) is 18.2 Å². The SMILES string of the molecule is Cc1cccc(NC(=O)C(C)(C)CCN)c1O. The van der Waals surface area contributed by atoms with Crippen molar-refractivity contribution in [2.75, 3.05) is 11.9 Å². The molecular weight excluding hydrogens is 216 g/mol. The molecule has 0 aliphatic carbocycles. The first-order valence-electron chi connectivity index (χ1n) is 5.68. The molecule has 1 amide bonds. The monoisotopic (exact) mass is 236 g/mol. The lowest BCUT2D eigenvalue weighted by atomic mass is 9.88. The molecule has 0 unspecified atom stereocenters. The van der Waals surface area contributed by atoms with E-state index in [2.05, 4.69) is 5.32 Å². The van der Waals surface area contributed by atoms with Gasteiger partial charge in [-0.15, -0.1) is 0 Å². The van der Waals surface area contributed by atoms with E-state index in [9.17, 15) is 9.90 Å². The van der Waals surface area contributed by atoms with Gasteiger partial charge in [0, 0.05) is 5.41 Å². The number of aromatic hydroxyl groups is 1. The number of nitrogens with one attached hydrogen (secondary N) is 1. The number of phenolic OH excluding ortho intramolecular Hbond substituents is 1. The Balaban J connectivity index is 2.85. The molecule has 0 aliphatic rings. The number of carbonyl (C=O) groups is 1. The molecule has 0 atom stereocenters. The maximum absolute atomic E-state index is 12.0. The van der Waals surface area contributed by atoms with Crippen molar-refractivity contribution in [3.8, 4) is 5.75 Å². The number of carbonyl (C=O) groups excluding carboxylic acids is 1. The highest BCUT2D eigenvalue weighted by Gasteiger charge is 2.27. The van der Waals surface area contributed by atoms with Crippen LogP contribution < -0.4 is 11.1 Å². The summed E-state index contributed by atoms with van der Waals surface area (Å²) in [5.41, 5.74) is 6.11. The zero-order valence-electron chi connectivity index (χ0n) is 10.6. The lowest BCUT2D eigenvalue weighted by Gasteiger charge is -2.23. The van der Waals surface area contributed by atoms with E-state index < -0.39 is 5.41 Å². The van der Waals surface area contributed by atoms with Crippen LogP contribution in [0.4, 0.5) is 5.69 Å². The number of amides is 1. The largest absolute Gasteiger partial charge is 0.505 e. The Morgan fingerprint density at radius 1 is 1.47 bits per heavy atom. The van der Waals surface area contributed by atoms with E-state index >= 15 is 0 Å². The predicted octanol–water partition coefficient (Wildman–Crippen LogP) is 2.01. The fourth-order valence-electron chi connectivity index (χ4n) is 1.53. The highest BCUT2D eigenvalue weighted by Crippen LogP contribution is 2.29. The first-order chi connectivity index (χ1) is 7.88. The van der Waals surface area contributed by atoms with Gasteiger partial charge in [-0.2, -0.15) is 0 Å². The van der Waals surface area contributed by atoms with Crippen LogP contribution in [-0.4, -0.2) is 17.6 Å². The summed E-state index contributed by atoms with van der Waals surface area (Å²) in [6, 6.07) is 5.26. The van der Waals surface area contributed by atoms with E-state index in [0.717, 1.165) is 5.56 Å². The fraction of sp³-hybridized carbons (Fsp3) is 0.462. The number of rotatable bonds is 4. The van der Waals surface area contributed by atoms with Crippen LogP contribution in [0.5, 0.6) is 5.75 Å². The molecule has 0 fully saturated rings. The van der Waals surface area contributed by atoms with Gasteiger partial charge in [0.25, 0.3) is 0 Å². The van der Waals surface area contributed by atoms with Crippen LogP contribution >= 0.6 is 0 Å². The van der Waals surface area contributed by atoms with Gasteiger partial charge in [0.2, 0.25) is 5.91 Å². The summed E-state index contributed by atoms with van der Waals surface area (Å²) in [5, 5.41) is 12.5. The van der Waals surface area contributed by atoms with E-state index in [1.165, 1.54) is 0 Å². The Kier molecular flexibility index (Phi) is 4.12. The predicted molar refractivity (Wildman–Crippen MR) is 68.9 cm³/mol. The summed E-state index contributed by atoms with van der Waals surface area (Å²) in [6.45, 7) is 5.92. The van der Waals surface area contributed by atoms with Crippen molar-refractivity contribution >= 4 is 11.6 Å². The van der Waals surface area contributed by atoms with Crippen molar-refractivity contribution in [1.82, 2.24) is 0 Å². The molecule has 0 heterocycles. The molecule has 17 heavy (non-hydrogen) atoms. The molecule has 1 aromatic carbocycles. The van der Waals surface area contributed by atoms with Crippen molar-refractivity contribution in [2.24, 2.45) is 11.1 Å². The molecule has 0 aromatic heterocycles. The first kappa shape index (κ1) is 13.5. The molecule has 4 heteroatoms. The third-order valence-corrected chi connectivity index (χ3v) is 2.87. The van der Waals surface area contributed by atoms with Gasteiger partial charge in [0.1, 0.15) is 5.75 Å². The molecule has 0 saturated heterocycles. The van der Waals surface area contributed by atoms with Gasteiger partial charge in [0.15, 0.2) is 0 Å². The van der Waals surface area contributed by atoms with E-state index in [-0.39, 0.29) is 11.7 Å². The van der Waals surface area contributed by atoms with Crippen molar-refractivity contribution in [3.05, 3.63) is 23.8 Å². The molecule has 94 valence electrons. The highest BCUT2D eigenvalue weighted by atomic mass is 16.3. The number of hydrogen-bond donors (Lipinski definition) is 3. The minimum absolute atomic E-state index is 0.115. The number of nitrogens with two attached hydrogens (primary N) is 1. The molecule has 4 nitrogen and oxygen atoms in total. The summed E-state index contributed by atoms with van der Waals surface area (Å²) < 4.78 is 0. The molecule has 1 aromatic rings. The maximum Gasteiger partial charge on any atom is 0.230 e. The van der Waals surface area contributed by atoms with Crippen LogP contribution in [0.3, 0.4) is 0 Å². The lowest BCUT2D eigenvalue weighted by Crippen LogP contribution is -2.32. The summed E-state index contributed by atoms with van der Waals surface area (Å²) in [5.74, 6) is -0.0201. The molecule has 0 spiro atoms. The van der Waals surface area contributed by atoms with Crippen LogP contribution in [0.25, 0.3) is 0 Å². The van der Waals surface area contributed by atoms with Gasteiger partial charge in [-0.1, -0.05) is 26.0 Å². The highest BCUT2D eigenvalue weighted by molar-refractivity contribution is 5.96. The second kappa shape index (κ2) is 5.19. The molecular formula is C13H20N2O2. The number of phenols is 1. The van der Waals surface area contributed by atoms with Crippen molar-refractivity contribution < 1.29 is 9.90 Å². The van der Waals surface area contributed by atoms with Crippen LogP contribution in [0.2, 0.25) is 0 Å². The van der Waals surface area contributed by atoms with Gasteiger partial charge in [-0.05, 0) is 31.5 Å². The van der Waals surface area contributed by atoms with Crippen molar-refractivity contribution in [1.29, 1.82) is 0 Å². The Labute approximate surface area is 102 Å². The number of para-hydroxylation sites is 1. The Hall–Kier alpha value is -1.55. The van der Waals surface area contributed by atoms with Crippen molar-refractivity contribution in [2.45, 2.75) is 27.2 Å². The van der Waals surface area contributed by atoms with Crippen LogP contribution in [0.1, 0.15) is 25.8 Å². The number of anilines is 1. The smallest absolute Gasteiger partial charge is 0.230 e. The average molecular weight is 236 g/mol. The normalized spacial score (nSPS) is 11.3. The number of aryl methyl sites for hydroxylation is 1. The van der Waals surface area contributed by atoms with Gasteiger partial charge >= 0.3 is 0 Å². The molecule has 4 N–H and O–H groups in total. The molecule has 0 radical (unpaired) electrons. The number of benzene rings is 1. The second-order valence-corrected chi connectivity index (χ2v) is 4.85. The maximum atomic E-state index is 12.0. The summed E-state index contributed by atoms with van der Waals surface area (Å²) in [4.78, 5) is 12.0. The average Bonchev–Trinajstić information content (AvgIpc) is 2.24. The zero-order chi connectivity index (χ0) is 13.1. The van der Waals surface area contributed by atoms with Gasteiger partial charge < -0.3 is 16.2 Å². The third kappa shape index (κ3) is 3.20. The van der Waals surface area contributed by atoms with Gasteiger partial charge in [-0.3, -0.25) is 4.79 Å². The summed E-state index contributed by atoms with van der Waals surface area (Å²) in [7, 11) is 0. The third-order valence-electron chi connectivity index (χ3n) is 2.87.